The van der Waals surface area contributed by atoms with Gasteiger partial charge in [0, 0.05) is 12.3 Å². The molecule has 0 radical (unpaired) electrons. The maximum Gasteiger partial charge on any atom is 0.325 e. The van der Waals surface area contributed by atoms with E-state index >= 15 is 0 Å². The Morgan fingerprint density at radius 1 is 1.06 bits per heavy atom. The highest BCUT2D eigenvalue weighted by atomic mass is 28.4. The van der Waals surface area contributed by atoms with Gasteiger partial charge in [0.15, 0.2) is 5.41 Å². The Labute approximate surface area is 208 Å². The Bertz CT molecular complexity index is 773. The van der Waals surface area contributed by atoms with Gasteiger partial charge in [0.1, 0.15) is 0 Å². The topological polar surface area (TPSA) is 61.8 Å². The van der Waals surface area contributed by atoms with E-state index in [1.54, 1.807) is 20.8 Å². The number of rotatable bonds is 11. The van der Waals surface area contributed by atoms with Crippen LogP contribution in [0.4, 0.5) is 0 Å². The fraction of sp³-hybridized carbons (Fsp3) is 0.714. The minimum absolute atomic E-state index is 0.0284. The molecule has 0 amide bonds. The number of esters is 2. The standard InChI is InChI=1S/C28H46O5Si/c1-11-31-26(29)28(27(30)32-12-2,18-14-15-20(3)4)25-17-13-16-24(25)19-33-34(21(5)6,22(7)8)23(9)10/h19,21-23,25H,3,11-13,16-18H2,1-2,4-10H3/b24-19+. The van der Waals surface area contributed by atoms with Crippen molar-refractivity contribution in [1.29, 1.82) is 0 Å². The number of allylic oxidation sites excluding steroid dienone is 2. The van der Waals surface area contributed by atoms with Gasteiger partial charge in [0.25, 0.3) is 8.32 Å². The second-order valence-corrected chi connectivity index (χ2v) is 15.7. The van der Waals surface area contributed by atoms with Gasteiger partial charge in [0.05, 0.1) is 19.5 Å². The molecule has 0 N–H and O–H groups in total. The summed E-state index contributed by atoms with van der Waals surface area (Å²) < 4.78 is 17.7. The van der Waals surface area contributed by atoms with Crippen LogP contribution in [0.2, 0.25) is 16.6 Å². The third-order valence-electron chi connectivity index (χ3n) is 7.07. The lowest BCUT2D eigenvalue weighted by Gasteiger charge is -2.41. The highest BCUT2D eigenvalue weighted by Gasteiger charge is 2.57. The Morgan fingerprint density at radius 2 is 1.56 bits per heavy atom. The van der Waals surface area contributed by atoms with Crippen molar-refractivity contribution in [2.75, 3.05) is 13.2 Å². The lowest BCUT2D eigenvalue weighted by molar-refractivity contribution is -0.175. The second-order valence-electron chi connectivity index (χ2n) is 10.2. The van der Waals surface area contributed by atoms with E-state index in [0.29, 0.717) is 28.6 Å². The molecule has 1 rings (SSSR count). The minimum Gasteiger partial charge on any atom is -0.548 e. The average molecular weight is 491 g/mol. The molecular weight excluding hydrogens is 444 g/mol. The average Bonchev–Trinajstić information content (AvgIpc) is 3.19. The van der Waals surface area contributed by atoms with Gasteiger partial charge >= 0.3 is 11.9 Å². The van der Waals surface area contributed by atoms with Gasteiger partial charge in [-0.15, -0.1) is 0 Å². The number of hydrogen-bond donors (Lipinski definition) is 0. The maximum atomic E-state index is 13.4. The number of ether oxygens (including phenoxy) is 2. The van der Waals surface area contributed by atoms with Crippen molar-refractivity contribution in [3.05, 3.63) is 24.0 Å². The predicted octanol–water partition coefficient (Wildman–Crippen LogP) is 6.94. The Kier molecular flexibility index (Phi) is 11.6. The molecule has 0 aromatic carbocycles. The largest absolute Gasteiger partial charge is 0.548 e. The fourth-order valence-corrected chi connectivity index (χ4v) is 10.8. The van der Waals surface area contributed by atoms with Crippen LogP contribution in [-0.4, -0.2) is 33.5 Å². The van der Waals surface area contributed by atoms with E-state index in [1.807, 2.05) is 6.26 Å². The zero-order valence-electron chi connectivity index (χ0n) is 22.9. The van der Waals surface area contributed by atoms with Gasteiger partial charge in [-0.05, 0) is 67.8 Å². The highest BCUT2D eigenvalue weighted by Crippen LogP contribution is 2.49. The molecule has 1 aliphatic rings. The third-order valence-corrected chi connectivity index (χ3v) is 13.0. The zero-order valence-corrected chi connectivity index (χ0v) is 23.9. The van der Waals surface area contributed by atoms with Crippen LogP contribution < -0.4 is 0 Å². The maximum absolute atomic E-state index is 13.4. The van der Waals surface area contributed by atoms with Crippen molar-refractivity contribution >= 4 is 20.3 Å². The van der Waals surface area contributed by atoms with E-state index in [1.165, 1.54) is 0 Å². The van der Waals surface area contributed by atoms with Crippen molar-refractivity contribution < 1.29 is 23.5 Å². The SMILES string of the molecule is C=C(C)C#CCC(C(=O)OCC)(C(=O)OCC)C1CCC/C1=C\O[Si](C(C)C)(C(C)C)C(C)C. The summed E-state index contributed by atoms with van der Waals surface area (Å²) in [6.45, 7) is 22.9. The van der Waals surface area contributed by atoms with Crippen LogP contribution in [0.5, 0.6) is 0 Å². The number of carbonyl (C=O) groups is 2. The molecule has 1 aliphatic carbocycles. The molecule has 0 bridgehead atoms. The highest BCUT2D eigenvalue weighted by molar-refractivity contribution is 6.77. The lowest BCUT2D eigenvalue weighted by Crippen LogP contribution is -2.48. The molecule has 0 aliphatic heterocycles. The second kappa shape index (κ2) is 13.2. The van der Waals surface area contributed by atoms with Crippen molar-refractivity contribution in [2.45, 2.75) is 105 Å². The van der Waals surface area contributed by atoms with Gasteiger partial charge in [-0.3, -0.25) is 9.59 Å². The van der Waals surface area contributed by atoms with E-state index in [2.05, 4.69) is 60.0 Å². The van der Waals surface area contributed by atoms with Gasteiger partial charge in [0.2, 0.25) is 0 Å². The van der Waals surface area contributed by atoms with Crippen LogP contribution in [0, 0.1) is 23.2 Å². The number of carbonyl (C=O) groups excluding carboxylic acids is 2. The molecule has 6 heteroatoms. The first-order chi connectivity index (χ1) is 15.9. The molecule has 0 heterocycles. The predicted molar refractivity (Wildman–Crippen MR) is 140 cm³/mol. The van der Waals surface area contributed by atoms with Gasteiger partial charge < -0.3 is 13.9 Å². The molecule has 34 heavy (non-hydrogen) atoms. The van der Waals surface area contributed by atoms with Crippen LogP contribution in [-0.2, 0) is 23.5 Å². The molecule has 192 valence electrons. The molecule has 1 atom stereocenters. The lowest BCUT2D eigenvalue weighted by atomic mass is 9.70. The summed E-state index contributed by atoms with van der Waals surface area (Å²) >= 11 is 0. The van der Waals surface area contributed by atoms with Crippen molar-refractivity contribution in [3.8, 4) is 11.8 Å². The molecule has 1 fully saturated rings. The summed E-state index contributed by atoms with van der Waals surface area (Å²) in [5.74, 6) is 4.44. The van der Waals surface area contributed by atoms with Crippen LogP contribution in [0.15, 0.2) is 24.0 Å². The number of hydrogen-bond acceptors (Lipinski definition) is 5. The van der Waals surface area contributed by atoms with Crippen LogP contribution in [0.1, 0.15) is 88.0 Å². The molecule has 1 saturated carbocycles. The first kappa shape index (κ1) is 30.0. The van der Waals surface area contributed by atoms with Crippen LogP contribution >= 0.6 is 0 Å². The van der Waals surface area contributed by atoms with E-state index in [9.17, 15) is 9.59 Å². The van der Waals surface area contributed by atoms with E-state index in [4.69, 9.17) is 13.9 Å². The van der Waals surface area contributed by atoms with Crippen LogP contribution in [0.25, 0.3) is 0 Å². The van der Waals surface area contributed by atoms with Crippen LogP contribution in [0.3, 0.4) is 0 Å². The zero-order chi connectivity index (χ0) is 26.1. The molecule has 0 aromatic heterocycles. The molecule has 5 nitrogen and oxygen atoms in total. The summed E-state index contributed by atoms with van der Waals surface area (Å²) in [4.78, 5) is 26.9. The molecule has 0 saturated heterocycles. The van der Waals surface area contributed by atoms with Gasteiger partial charge in [-0.1, -0.05) is 60.0 Å². The Hall–Kier alpha value is -2.00. The summed E-state index contributed by atoms with van der Waals surface area (Å²) in [5, 5.41) is 0. The molecule has 1 unspecified atom stereocenters. The first-order valence-corrected chi connectivity index (χ1v) is 14.9. The minimum atomic E-state index is -2.16. The monoisotopic (exact) mass is 490 g/mol. The van der Waals surface area contributed by atoms with Crippen molar-refractivity contribution in [1.82, 2.24) is 0 Å². The quantitative estimate of drug-likeness (QED) is 0.103. The van der Waals surface area contributed by atoms with E-state index in [0.717, 1.165) is 18.4 Å². The first-order valence-electron chi connectivity index (χ1n) is 12.8. The Morgan fingerprint density at radius 3 is 1.97 bits per heavy atom. The van der Waals surface area contributed by atoms with Crippen molar-refractivity contribution in [2.24, 2.45) is 11.3 Å². The Balaban J connectivity index is 3.63. The van der Waals surface area contributed by atoms with Gasteiger partial charge in [-0.2, -0.15) is 0 Å². The molecule has 0 aromatic rings. The summed E-state index contributed by atoms with van der Waals surface area (Å²) in [6, 6.07) is 0. The smallest absolute Gasteiger partial charge is 0.325 e. The molecular formula is C28H46O5Si. The molecule has 0 spiro atoms. The van der Waals surface area contributed by atoms with Crippen molar-refractivity contribution in [3.63, 3.8) is 0 Å². The summed E-state index contributed by atoms with van der Waals surface area (Å²) in [6.07, 6.45) is 4.25. The summed E-state index contributed by atoms with van der Waals surface area (Å²) in [5.41, 5.74) is 1.41. The summed E-state index contributed by atoms with van der Waals surface area (Å²) in [7, 11) is -2.16. The normalized spacial score (nSPS) is 17.6. The van der Waals surface area contributed by atoms with E-state index < -0.39 is 25.7 Å². The van der Waals surface area contributed by atoms with E-state index in [-0.39, 0.29) is 25.6 Å². The fourth-order valence-electron chi connectivity index (χ4n) is 5.65. The third kappa shape index (κ3) is 6.36. The van der Waals surface area contributed by atoms with Gasteiger partial charge in [-0.25, -0.2) is 0 Å².